The van der Waals surface area contributed by atoms with Crippen LogP contribution in [0.25, 0.3) is 0 Å². The number of aliphatic hydroxyl groups is 1. The van der Waals surface area contributed by atoms with Crippen LogP contribution in [0.3, 0.4) is 0 Å². The molecule has 0 aromatic carbocycles. The topological polar surface area (TPSA) is 99.1 Å². The zero-order valence-corrected chi connectivity index (χ0v) is 32.0. The molecule has 0 heterocycles. The van der Waals surface area contributed by atoms with E-state index in [9.17, 15) is 67.1 Å². The first-order valence-corrected chi connectivity index (χ1v) is 17.0. The van der Waals surface area contributed by atoms with E-state index in [2.05, 4.69) is 16.4 Å². The van der Waals surface area contributed by atoms with Crippen LogP contribution in [0.2, 0.25) is 0 Å². The maximum absolute atomic E-state index is 12.5. The van der Waals surface area contributed by atoms with Gasteiger partial charge >= 0.3 is 42.6 Å². The van der Waals surface area contributed by atoms with Crippen LogP contribution in [0.4, 0.5) is 52.7 Å². The monoisotopic (exact) mass is 802 g/mol. The fourth-order valence-electron chi connectivity index (χ4n) is 4.09. The molecule has 0 aliphatic heterocycles. The average molecular weight is 803 g/mol. The van der Waals surface area contributed by atoms with Crippen LogP contribution in [0, 0.1) is 16.2 Å². The van der Waals surface area contributed by atoms with Gasteiger partial charge in [-0.25, -0.2) is 0 Å². The summed E-state index contributed by atoms with van der Waals surface area (Å²) in [5.41, 5.74) is -7.82. The number of carbonyl (C=O) groups excluding carboxylic acids is 3. The third kappa shape index (κ3) is 15.7. The number of ether oxygens (including phenoxy) is 3. The summed E-state index contributed by atoms with van der Waals surface area (Å²) in [7, 11) is 0. The summed E-state index contributed by atoms with van der Waals surface area (Å²) in [5, 5.41) is 8.99. The summed E-state index contributed by atoms with van der Waals surface area (Å²) in [6.45, 7) is 17.3. The molecule has 1 saturated carbocycles. The van der Waals surface area contributed by atoms with E-state index in [4.69, 9.17) is 9.84 Å². The zero-order chi connectivity index (χ0) is 42.9. The highest BCUT2D eigenvalue weighted by Crippen LogP contribution is 2.46. The molecule has 1 aliphatic carbocycles. The second-order valence-corrected chi connectivity index (χ2v) is 15.0. The first-order chi connectivity index (χ1) is 23.4. The van der Waals surface area contributed by atoms with Crippen molar-refractivity contribution in [2.24, 2.45) is 16.2 Å². The van der Waals surface area contributed by atoms with E-state index in [-0.39, 0.29) is 23.4 Å². The van der Waals surface area contributed by atoms with Crippen LogP contribution >= 0.6 is 0 Å². The Morgan fingerprint density at radius 3 is 1.21 bits per heavy atom. The minimum absolute atomic E-state index is 0.0197. The Kier molecular flexibility index (Phi) is 18.8. The number of carbonyl (C=O) groups is 3. The third-order valence-corrected chi connectivity index (χ3v) is 9.43. The first kappa shape index (κ1) is 52.6. The highest BCUT2D eigenvalue weighted by atomic mass is 19.4. The number of alkyl halides is 12. The van der Waals surface area contributed by atoms with Gasteiger partial charge in [-0.15, -0.1) is 0 Å². The lowest BCUT2D eigenvalue weighted by molar-refractivity contribution is -0.373. The van der Waals surface area contributed by atoms with Gasteiger partial charge < -0.3 is 19.3 Å². The van der Waals surface area contributed by atoms with Gasteiger partial charge in [-0.1, -0.05) is 27.7 Å². The summed E-state index contributed by atoms with van der Waals surface area (Å²) < 4.78 is 161. The van der Waals surface area contributed by atoms with E-state index >= 15 is 0 Å². The molecule has 1 atom stereocenters. The Morgan fingerprint density at radius 2 is 0.925 bits per heavy atom. The second-order valence-electron chi connectivity index (χ2n) is 15.0. The van der Waals surface area contributed by atoms with Crippen molar-refractivity contribution in [1.29, 1.82) is 0 Å². The highest BCUT2D eigenvalue weighted by Gasteiger charge is 2.70. The molecule has 1 fully saturated rings. The van der Waals surface area contributed by atoms with Crippen LogP contribution < -0.4 is 0 Å². The van der Waals surface area contributed by atoms with E-state index in [1.54, 1.807) is 6.92 Å². The van der Waals surface area contributed by atoms with Crippen molar-refractivity contribution in [3.8, 4) is 0 Å². The van der Waals surface area contributed by atoms with Crippen LogP contribution in [0.15, 0.2) is 0 Å². The van der Waals surface area contributed by atoms with Gasteiger partial charge in [0.05, 0.1) is 16.2 Å². The summed E-state index contributed by atoms with van der Waals surface area (Å²) >= 11 is 0. The molecule has 0 bridgehead atoms. The lowest BCUT2D eigenvalue weighted by Gasteiger charge is -2.34. The predicted molar refractivity (Wildman–Crippen MR) is 169 cm³/mol. The summed E-state index contributed by atoms with van der Waals surface area (Å²) in [5.74, 6) is -2.47. The van der Waals surface area contributed by atoms with Crippen molar-refractivity contribution in [2.75, 3.05) is 0 Å². The molecule has 0 saturated heterocycles. The van der Waals surface area contributed by atoms with Crippen LogP contribution in [-0.4, -0.2) is 71.1 Å². The van der Waals surface area contributed by atoms with Gasteiger partial charge in [0, 0.05) is 6.42 Å². The number of hydrogen-bond donors (Lipinski definition) is 1. The fraction of sp³-hybridized carbons (Fsp3) is 0.912. The number of esters is 3. The van der Waals surface area contributed by atoms with Gasteiger partial charge in [0.2, 0.25) is 0 Å². The lowest BCUT2D eigenvalue weighted by atomic mass is 9.89. The molecule has 53 heavy (non-hydrogen) atoms. The van der Waals surface area contributed by atoms with E-state index in [0.717, 1.165) is 32.6 Å². The Morgan fingerprint density at radius 1 is 0.604 bits per heavy atom. The molecule has 1 unspecified atom stereocenters. The molecular weight excluding hydrogens is 748 g/mol. The van der Waals surface area contributed by atoms with Gasteiger partial charge in [-0.3, -0.25) is 14.4 Å². The Hall–Kier alpha value is -2.47. The number of rotatable bonds is 12. The number of halogens is 12. The van der Waals surface area contributed by atoms with Gasteiger partial charge in [0.25, 0.3) is 11.7 Å². The Labute approximate surface area is 302 Å². The maximum atomic E-state index is 12.5. The highest BCUT2D eigenvalue weighted by molar-refractivity contribution is 5.77. The van der Waals surface area contributed by atoms with Gasteiger partial charge in [-0.2, -0.15) is 52.7 Å². The van der Waals surface area contributed by atoms with E-state index in [1.807, 2.05) is 20.8 Å². The van der Waals surface area contributed by atoms with Gasteiger partial charge in [0.15, 0.2) is 0 Å². The van der Waals surface area contributed by atoms with Crippen molar-refractivity contribution in [1.82, 2.24) is 0 Å². The van der Waals surface area contributed by atoms with Crippen LogP contribution in [-0.2, 0) is 28.6 Å². The van der Waals surface area contributed by atoms with Crippen LogP contribution in [0.1, 0.15) is 134 Å². The summed E-state index contributed by atoms with van der Waals surface area (Å²) in [4.78, 5) is 34.8. The standard InChI is InChI=1S/C13H24O2.C12H18F6O3.C9H12F6O2/c1-5-12(3,4)11(14)15-13(6-2)9-7-8-10-13;1-5-9(3,4)8(19)21-7(2)6-10(20,11(13,14)15)12(16,17)18;1-4-7(2,3)6(16)17-5(8(10,11)12)9(13,14)15/h5-10H2,1-4H3;7,20H,5-6H2,1-4H3;5H,4H2,1-3H3. The molecule has 0 amide bonds. The van der Waals surface area contributed by atoms with Gasteiger partial charge in [0.1, 0.15) is 11.7 Å². The quantitative estimate of drug-likeness (QED) is 0.119. The van der Waals surface area contributed by atoms with Crippen molar-refractivity contribution in [3.63, 3.8) is 0 Å². The maximum Gasteiger partial charge on any atom is 0.434 e. The van der Waals surface area contributed by atoms with Crippen molar-refractivity contribution >= 4 is 17.9 Å². The van der Waals surface area contributed by atoms with E-state index < -0.39 is 71.7 Å². The smallest absolute Gasteiger partial charge is 0.434 e. The minimum Gasteiger partial charge on any atom is -0.462 e. The molecular formula is C34H54F12O7. The Balaban J connectivity index is 0. The molecule has 1 N–H and O–H groups in total. The SMILES string of the molecule is CCC(C)(C)C(=O)OC(C(F)(F)F)C(F)(F)F.CCC(C)(C)C(=O)OC(C)CC(O)(C(F)(F)F)C(F)(F)F.CCC1(OC(=O)C(C)(C)CC)CCCC1. The largest absolute Gasteiger partial charge is 0.462 e. The molecule has 316 valence electrons. The molecule has 7 nitrogen and oxygen atoms in total. The average Bonchev–Trinajstić information content (AvgIpc) is 3.46. The van der Waals surface area contributed by atoms with Crippen molar-refractivity contribution in [2.45, 2.75) is 182 Å². The molecule has 0 radical (unpaired) electrons. The first-order valence-electron chi connectivity index (χ1n) is 17.0. The zero-order valence-electron chi connectivity index (χ0n) is 32.0. The van der Waals surface area contributed by atoms with Crippen molar-refractivity contribution in [3.05, 3.63) is 0 Å². The lowest BCUT2D eigenvalue weighted by Crippen LogP contribution is -2.58. The fourth-order valence-corrected chi connectivity index (χ4v) is 4.09. The van der Waals surface area contributed by atoms with Gasteiger partial charge in [-0.05, 0) is 99.8 Å². The Bertz CT molecular complexity index is 1140. The summed E-state index contributed by atoms with van der Waals surface area (Å²) in [6, 6.07) is 0. The molecule has 0 spiro atoms. The number of hydrogen-bond acceptors (Lipinski definition) is 7. The summed E-state index contributed by atoms with van der Waals surface area (Å²) in [6.07, 6.45) is -24.2. The van der Waals surface area contributed by atoms with Crippen LogP contribution in [0.5, 0.6) is 0 Å². The van der Waals surface area contributed by atoms with E-state index in [1.165, 1.54) is 47.5 Å². The molecule has 1 rings (SSSR count). The van der Waals surface area contributed by atoms with E-state index in [0.29, 0.717) is 6.42 Å². The molecule has 0 aromatic heterocycles. The molecule has 0 aromatic rings. The normalized spacial score (nSPS) is 16.5. The minimum atomic E-state index is -5.92. The van der Waals surface area contributed by atoms with Crippen molar-refractivity contribution < 1.29 is 86.4 Å². The second kappa shape index (κ2) is 18.9. The molecule has 19 heteroatoms. The third-order valence-electron chi connectivity index (χ3n) is 9.43. The predicted octanol–water partition coefficient (Wildman–Crippen LogP) is 10.7. The molecule has 1 aliphatic rings.